The minimum atomic E-state index is -0.999. The van der Waals surface area contributed by atoms with Crippen molar-refractivity contribution in [2.45, 2.75) is 19.4 Å². The lowest BCUT2D eigenvalue weighted by molar-refractivity contribution is -0.138. The fourth-order valence-corrected chi connectivity index (χ4v) is 3.01. The van der Waals surface area contributed by atoms with Crippen LogP contribution in [0.2, 0.25) is 0 Å². The third kappa shape index (κ3) is 1.98. The molecule has 20 heavy (non-hydrogen) atoms. The van der Waals surface area contributed by atoms with Gasteiger partial charge in [-0.3, -0.25) is 9.69 Å². The third-order valence-corrected chi connectivity index (χ3v) is 4.09. The number of thiazole rings is 1. The summed E-state index contributed by atoms with van der Waals surface area (Å²) >= 11 is 1.38. The van der Waals surface area contributed by atoms with Gasteiger partial charge in [-0.25, -0.2) is 9.78 Å². The number of anilines is 1. The van der Waals surface area contributed by atoms with E-state index >= 15 is 0 Å². The number of aliphatic carboxylic acids is 1. The zero-order valence-corrected chi connectivity index (χ0v) is 11.6. The number of fused-ring (bicyclic) bond motifs is 1. The quantitative estimate of drug-likeness (QED) is 0.918. The van der Waals surface area contributed by atoms with Crippen molar-refractivity contribution in [3.05, 3.63) is 45.9 Å². The second kappa shape index (κ2) is 4.72. The zero-order chi connectivity index (χ0) is 14.3. The van der Waals surface area contributed by atoms with Gasteiger partial charge >= 0.3 is 5.97 Å². The Balaban J connectivity index is 2.04. The number of benzene rings is 1. The molecule has 3 rings (SSSR count). The van der Waals surface area contributed by atoms with Crippen LogP contribution in [-0.2, 0) is 11.2 Å². The summed E-state index contributed by atoms with van der Waals surface area (Å²) in [5.74, 6) is -1.35. The SMILES string of the molecule is Cc1nc(C(=O)N2c3ccccc3CC2C(=O)O)cs1. The van der Waals surface area contributed by atoms with E-state index in [1.807, 2.05) is 19.1 Å². The van der Waals surface area contributed by atoms with Crippen molar-refractivity contribution in [3.63, 3.8) is 0 Å². The van der Waals surface area contributed by atoms with Crippen LogP contribution in [-0.4, -0.2) is 28.0 Å². The zero-order valence-electron chi connectivity index (χ0n) is 10.7. The summed E-state index contributed by atoms with van der Waals surface area (Å²) in [6.07, 6.45) is 0.334. The molecule has 1 aromatic carbocycles. The van der Waals surface area contributed by atoms with Gasteiger partial charge < -0.3 is 5.11 Å². The lowest BCUT2D eigenvalue weighted by atomic mass is 10.1. The van der Waals surface area contributed by atoms with Crippen molar-refractivity contribution in [2.75, 3.05) is 4.90 Å². The number of hydrogen-bond acceptors (Lipinski definition) is 4. The van der Waals surface area contributed by atoms with E-state index in [1.54, 1.807) is 17.5 Å². The molecule has 0 spiro atoms. The first-order valence-electron chi connectivity index (χ1n) is 6.14. The normalized spacial score (nSPS) is 17.1. The van der Waals surface area contributed by atoms with Crippen LogP contribution >= 0.6 is 11.3 Å². The van der Waals surface area contributed by atoms with Gasteiger partial charge in [-0.2, -0.15) is 0 Å². The van der Waals surface area contributed by atoms with Crippen molar-refractivity contribution >= 4 is 28.9 Å². The van der Waals surface area contributed by atoms with E-state index in [4.69, 9.17) is 0 Å². The van der Waals surface area contributed by atoms with Crippen molar-refractivity contribution < 1.29 is 14.7 Å². The molecule has 1 aliphatic heterocycles. The highest BCUT2D eigenvalue weighted by atomic mass is 32.1. The molecule has 0 radical (unpaired) electrons. The monoisotopic (exact) mass is 288 g/mol. The van der Waals surface area contributed by atoms with Crippen molar-refractivity contribution in [1.82, 2.24) is 4.98 Å². The molecule has 0 saturated heterocycles. The van der Waals surface area contributed by atoms with Gasteiger partial charge in [0.25, 0.3) is 5.91 Å². The van der Waals surface area contributed by atoms with Gasteiger partial charge in [0, 0.05) is 17.5 Å². The molecule has 0 aliphatic carbocycles. The summed E-state index contributed by atoms with van der Waals surface area (Å²) in [4.78, 5) is 29.5. The van der Waals surface area contributed by atoms with Gasteiger partial charge in [-0.15, -0.1) is 11.3 Å². The second-order valence-corrected chi connectivity index (χ2v) is 5.68. The maximum atomic E-state index is 12.5. The molecule has 0 bridgehead atoms. The number of rotatable bonds is 2. The van der Waals surface area contributed by atoms with Gasteiger partial charge in [-0.1, -0.05) is 18.2 Å². The number of carbonyl (C=O) groups is 2. The molecule has 1 atom stereocenters. The third-order valence-electron chi connectivity index (χ3n) is 3.32. The molecule has 0 saturated carbocycles. The summed E-state index contributed by atoms with van der Waals surface area (Å²) in [6.45, 7) is 1.81. The lowest BCUT2D eigenvalue weighted by Crippen LogP contribution is -2.43. The number of para-hydroxylation sites is 1. The smallest absolute Gasteiger partial charge is 0.327 e. The molecule has 2 heterocycles. The Kier molecular flexibility index (Phi) is 3.02. The fraction of sp³-hybridized carbons (Fsp3) is 0.214. The van der Waals surface area contributed by atoms with Gasteiger partial charge in [0.2, 0.25) is 0 Å². The van der Waals surface area contributed by atoms with Gasteiger partial charge in [0.15, 0.2) is 0 Å². The predicted octanol–water partition coefficient (Wildman–Crippen LogP) is 2.11. The molecular formula is C14H12N2O3S. The average Bonchev–Trinajstić information content (AvgIpc) is 3.01. The number of carboxylic acid groups (broad SMARTS) is 1. The van der Waals surface area contributed by atoms with E-state index in [0.717, 1.165) is 10.6 Å². The topological polar surface area (TPSA) is 70.5 Å². The number of amides is 1. The summed E-state index contributed by atoms with van der Waals surface area (Å²) < 4.78 is 0. The average molecular weight is 288 g/mol. The van der Waals surface area contributed by atoms with Crippen LogP contribution in [0.4, 0.5) is 5.69 Å². The number of nitrogens with zero attached hydrogens (tertiary/aromatic N) is 2. The predicted molar refractivity (Wildman–Crippen MR) is 75.2 cm³/mol. The van der Waals surface area contributed by atoms with Crippen LogP contribution in [0.3, 0.4) is 0 Å². The highest BCUT2D eigenvalue weighted by molar-refractivity contribution is 7.09. The maximum absolute atomic E-state index is 12.5. The van der Waals surface area contributed by atoms with E-state index in [2.05, 4.69) is 4.98 Å². The van der Waals surface area contributed by atoms with Gasteiger partial charge in [-0.05, 0) is 18.6 Å². The number of carbonyl (C=O) groups excluding carboxylic acids is 1. The Bertz CT molecular complexity index is 695. The Hall–Kier alpha value is -2.21. The van der Waals surface area contributed by atoms with Crippen LogP contribution in [0.25, 0.3) is 0 Å². The Morgan fingerprint density at radius 3 is 2.80 bits per heavy atom. The minimum absolute atomic E-state index is 0.301. The Morgan fingerprint density at radius 1 is 1.40 bits per heavy atom. The highest BCUT2D eigenvalue weighted by Crippen LogP contribution is 2.33. The van der Waals surface area contributed by atoms with E-state index in [1.165, 1.54) is 16.2 Å². The van der Waals surface area contributed by atoms with Gasteiger partial charge in [0.1, 0.15) is 11.7 Å². The molecule has 1 aromatic heterocycles. The molecular weight excluding hydrogens is 276 g/mol. The van der Waals surface area contributed by atoms with E-state index in [0.29, 0.717) is 17.8 Å². The van der Waals surface area contributed by atoms with E-state index < -0.39 is 12.0 Å². The van der Waals surface area contributed by atoms with Crippen LogP contribution in [0.15, 0.2) is 29.6 Å². The first-order valence-corrected chi connectivity index (χ1v) is 7.02. The molecule has 1 unspecified atom stereocenters. The van der Waals surface area contributed by atoms with Crippen LogP contribution in [0.1, 0.15) is 21.1 Å². The molecule has 102 valence electrons. The van der Waals surface area contributed by atoms with Crippen molar-refractivity contribution in [2.24, 2.45) is 0 Å². The Morgan fingerprint density at radius 2 is 2.15 bits per heavy atom. The molecule has 5 nitrogen and oxygen atoms in total. The molecule has 1 amide bonds. The minimum Gasteiger partial charge on any atom is -0.480 e. The maximum Gasteiger partial charge on any atom is 0.327 e. The molecule has 1 N–H and O–H groups in total. The molecule has 2 aromatic rings. The van der Waals surface area contributed by atoms with Gasteiger partial charge in [0.05, 0.1) is 5.01 Å². The lowest BCUT2D eigenvalue weighted by Gasteiger charge is -2.21. The van der Waals surface area contributed by atoms with Crippen LogP contribution in [0.5, 0.6) is 0 Å². The Labute approximate surface area is 119 Å². The first kappa shape index (κ1) is 12.8. The number of aryl methyl sites for hydroxylation is 1. The number of aromatic nitrogens is 1. The van der Waals surface area contributed by atoms with Crippen LogP contribution in [0, 0.1) is 6.92 Å². The summed E-state index contributed by atoms with van der Waals surface area (Å²) in [6, 6.07) is 6.41. The summed E-state index contributed by atoms with van der Waals surface area (Å²) in [5.41, 5.74) is 1.84. The standard InChI is InChI=1S/C14H12N2O3S/c1-8-15-10(7-20-8)13(17)16-11-5-3-2-4-9(11)6-12(16)14(18)19/h2-5,7,12H,6H2,1H3,(H,18,19). The highest BCUT2D eigenvalue weighted by Gasteiger charge is 2.39. The number of carboxylic acids is 1. The van der Waals surface area contributed by atoms with E-state index in [-0.39, 0.29) is 5.91 Å². The van der Waals surface area contributed by atoms with Crippen LogP contribution < -0.4 is 4.90 Å². The molecule has 6 heteroatoms. The second-order valence-electron chi connectivity index (χ2n) is 4.61. The fourth-order valence-electron chi connectivity index (χ4n) is 2.42. The molecule has 0 fully saturated rings. The number of hydrogen-bond donors (Lipinski definition) is 1. The molecule has 1 aliphatic rings. The largest absolute Gasteiger partial charge is 0.480 e. The first-order chi connectivity index (χ1) is 9.58. The van der Waals surface area contributed by atoms with Crippen molar-refractivity contribution in [3.8, 4) is 0 Å². The summed E-state index contributed by atoms with van der Waals surface area (Å²) in [5, 5.41) is 11.8. The van der Waals surface area contributed by atoms with Crippen molar-refractivity contribution in [1.29, 1.82) is 0 Å². The van der Waals surface area contributed by atoms with E-state index in [9.17, 15) is 14.7 Å². The summed E-state index contributed by atoms with van der Waals surface area (Å²) in [7, 11) is 0.